The van der Waals surface area contributed by atoms with Crippen LogP contribution in [0.1, 0.15) is 23.8 Å². The molecule has 1 amide bonds. The number of likely N-dealkylation sites (tertiary alicyclic amines) is 1. The van der Waals surface area contributed by atoms with Crippen molar-refractivity contribution in [3.8, 4) is 0 Å². The zero-order chi connectivity index (χ0) is 16.5. The van der Waals surface area contributed by atoms with Crippen LogP contribution in [0, 0.1) is 0 Å². The molecule has 0 aliphatic carbocycles. The SMILES string of the molecule is O=C(Cn1ncc2ccccc2c1=O)N1CCCC1c1cccs1. The maximum atomic E-state index is 12.7. The minimum Gasteiger partial charge on any atom is -0.333 e. The summed E-state index contributed by atoms with van der Waals surface area (Å²) in [7, 11) is 0. The lowest BCUT2D eigenvalue weighted by atomic mass is 10.2. The monoisotopic (exact) mass is 339 g/mol. The van der Waals surface area contributed by atoms with Crippen molar-refractivity contribution < 1.29 is 4.79 Å². The Hall–Kier alpha value is -2.47. The topological polar surface area (TPSA) is 55.2 Å². The van der Waals surface area contributed by atoms with Crippen molar-refractivity contribution >= 4 is 28.0 Å². The highest BCUT2D eigenvalue weighted by Crippen LogP contribution is 2.34. The number of aromatic nitrogens is 2. The van der Waals surface area contributed by atoms with Gasteiger partial charge in [0.15, 0.2) is 0 Å². The van der Waals surface area contributed by atoms with Crippen LogP contribution in [0.25, 0.3) is 10.8 Å². The quantitative estimate of drug-likeness (QED) is 0.737. The second-order valence-corrected chi connectivity index (χ2v) is 6.93. The Bertz CT molecular complexity index is 933. The van der Waals surface area contributed by atoms with Gasteiger partial charge in [-0.2, -0.15) is 5.10 Å². The lowest BCUT2D eigenvalue weighted by molar-refractivity contribution is -0.133. The van der Waals surface area contributed by atoms with Gasteiger partial charge in [-0.05, 0) is 30.4 Å². The van der Waals surface area contributed by atoms with E-state index in [1.54, 1.807) is 23.6 Å². The van der Waals surface area contributed by atoms with E-state index in [0.29, 0.717) is 5.39 Å². The summed E-state index contributed by atoms with van der Waals surface area (Å²) in [4.78, 5) is 28.4. The molecular formula is C18H17N3O2S. The number of rotatable bonds is 3. The fraction of sp³-hybridized carbons (Fsp3) is 0.278. The van der Waals surface area contributed by atoms with Crippen LogP contribution in [0.2, 0.25) is 0 Å². The average Bonchev–Trinajstić information content (AvgIpc) is 3.28. The van der Waals surface area contributed by atoms with Crippen molar-refractivity contribution in [2.24, 2.45) is 0 Å². The van der Waals surface area contributed by atoms with Crippen molar-refractivity contribution in [1.29, 1.82) is 0 Å². The first-order valence-corrected chi connectivity index (χ1v) is 8.90. The maximum absolute atomic E-state index is 12.7. The molecule has 0 spiro atoms. The summed E-state index contributed by atoms with van der Waals surface area (Å²) in [5, 5.41) is 7.59. The second kappa shape index (κ2) is 6.20. The van der Waals surface area contributed by atoms with Gasteiger partial charge in [0.25, 0.3) is 5.56 Å². The number of benzene rings is 1. The van der Waals surface area contributed by atoms with Crippen molar-refractivity contribution in [3.63, 3.8) is 0 Å². The molecule has 4 rings (SSSR count). The van der Waals surface area contributed by atoms with Gasteiger partial charge < -0.3 is 4.90 Å². The second-order valence-electron chi connectivity index (χ2n) is 5.96. The van der Waals surface area contributed by atoms with E-state index in [1.165, 1.54) is 9.56 Å². The molecule has 3 heterocycles. The molecule has 1 aromatic carbocycles. The number of hydrogen-bond donors (Lipinski definition) is 0. The van der Waals surface area contributed by atoms with Crippen LogP contribution in [0.4, 0.5) is 0 Å². The zero-order valence-corrected chi connectivity index (χ0v) is 13.9. The average molecular weight is 339 g/mol. The van der Waals surface area contributed by atoms with E-state index >= 15 is 0 Å². The molecule has 0 N–H and O–H groups in total. The summed E-state index contributed by atoms with van der Waals surface area (Å²) in [5.74, 6) is -0.0456. The molecule has 2 aromatic heterocycles. The zero-order valence-electron chi connectivity index (χ0n) is 13.1. The van der Waals surface area contributed by atoms with Crippen molar-refractivity contribution in [1.82, 2.24) is 14.7 Å². The van der Waals surface area contributed by atoms with Crippen LogP contribution in [-0.2, 0) is 11.3 Å². The predicted octanol–water partition coefficient (Wildman–Crippen LogP) is 2.82. The number of thiophene rings is 1. The van der Waals surface area contributed by atoms with Crippen LogP contribution in [0.3, 0.4) is 0 Å². The predicted molar refractivity (Wildman–Crippen MR) is 94.0 cm³/mol. The molecule has 1 saturated heterocycles. The van der Waals surface area contributed by atoms with Gasteiger partial charge in [-0.1, -0.05) is 24.3 Å². The van der Waals surface area contributed by atoms with Crippen LogP contribution in [-0.4, -0.2) is 27.1 Å². The van der Waals surface area contributed by atoms with Crippen molar-refractivity contribution in [2.75, 3.05) is 6.54 Å². The van der Waals surface area contributed by atoms with Gasteiger partial charge in [-0.15, -0.1) is 11.3 Å². The fourth-order valence-corrected chi connectivity index (χ4v) is 4.17. The first kappa shape index (κ1) is 15.1. The van der Waals surface area contributed by atoms with Gasteiger partial charge in [0.2, 0.25) is 5.91 Å². The van der Waals surface area contributed by atoms with E-state index in [4.69, 9.17) is 0 Å². The highest BCUT2D eigenvalue weighted by atomic mass is 32.1. The Balaban J connectivity index is 1.60. The van der Waals surface area contributed by atoms with Crippen LogP contribution in [0.5, 0.6) is 0 Å². The van der Waals surface area contributed by atoms with Crippen LogP contribution in [0.15, 0.2) is 52.8 Å². The molecule has 0 saturated carbocycles. The highest BCUT2D eigenvalue weighted by Gasteiger charge is 2.30. The first-order chi connectivity index (χ1) is 11.7. The first-order valence-electron chi connectivity index (χ1n) is 8.02. The Labute approximate surface area is 143 Å². The molecule has 1 aliphatic rings. The summed E-state index contributed by atoms with van der Waals surface area (Å²) in [6.45, 7) is 0.731. The molecule has 24 heavy (non-hydrogen) atoms. The fourth-order valence-electron chi connectivity index (χ4n) is 3.30. The smallest absolute Gasteiger partial charge is 0.275 e. The van der Waals surface area contributed by atoms with Gasteiger partial charge in [0.1, 0.15) is 6.54 Å². The van der Waals surface area contributed by atoms with Crippen LogP contribution >= 0.6 is 11.3 Å². The Morgan fingerprint density at radius 1 is 1.25 bits per heavy atom. The Morgan fingerprint density at radius 3 is 2.96 bits per heavy atom. The van der Waals surface area contributed by atoms with Gasteiger partial charge in [-0.3, -0.25) is 9.59 Å². The molecule has 1 unspecified atom stereocenters. The number of hydrogen-bond acceptors (Lipinski definition) is 4. The number of nitrogens with zero attached hydrogens (tertiary/aromatic N) is 3. The normalized spacial score (nSPS) is 17.5. The molecular weight excluding hydrogens is 322 g/mol. The van der Waals surface area contributed by atoms with E-state index in [-0.39, 0.29) is 24.1 Å². The summed E-state index contributed by atoms with van der Waals surface area (Å²) >= 11 is 1.67. The summed E-state index contributed by atoms with van der Waals surface area (Å²) in [6, 6.07) is 11.5. The van der Waals surface area contributed by atoms with Crippen molar-refractivity contribution in [3.05, 3.63) is 63.2 Å². The lowest BCUT2D eigenvalue weighted by Crippen LogP contribution is -2.36. The van der Waals surface area contributed by atoms with Gasteiger partial charge in [-0.25, -0.2) is 4.68 Å². The number of fused-ring (bicyclic) bond motifs is 1. The largest absolute Gasteiger partial charge is 0.333 e. The third-order valence-corrected chi connectivity index (χ3v) is 5.47. The Kier molecular flexibility index (Phi) is 3.90. The van der Waals surface area contributed by atoms with E-state index in [0.717, 1.165) is 24.8 Å². The van der Waals surface area contributed by atoms with E-state index in [9.17, 15) is 9.59 Å². The lowest BCUT2D eigenvalue weighted by Gasteiger charge is -2.24. The molecule has 5 nitrogen and oxygen atoms in total. The van der Waals surface area contributed by atoms with Crippen molar-refractivity contribution in [2.45, 2.75) is 25.4 Å². The summed E-state index contributed by atoms with van der Waals surface area (Å²) in [5.41, 5.74) is -0.215. The number of amides is 1. The van der Waals surface area contributed by atoms with Gasteiger partial charge in [0.05, 0.1) is 17.6 Å². The standard InChI is InChI=1S/C18H17N3O2S/c22-17(20-9-3-7-15(20)16-8-4-10-24-16)12-21-18(23)14-6-2-1-5-13(14)11-19-21/h1-2,4-6,8,10-11,15H,3,7,9,12H2. The third kappa shape index (κ3) is 2.63. The van der Waals surface area contributed by atoms with E-state index in [2.05, 4.69) is 11.2 Å². The molecule has 1 aliphatic heterocycles. The molecule has 6 heteroatoms. The summed E-state index contributed by atoms with van der Waals surface area (Å²) < 4.78 is 1.27. The maximum Gasteiger partial charge on any atom is 0.275 e. The molecule has 122 valence electrons. The van der Waals surface area contributed by atoms with E-state index < -0.39 is 0 Å². The highest BCUT2D eigenvalue weighted by molar-refractivity contribution is 7.10. The molecule has 3 aromatic rings. The van der Waals surface area contributed by atoms with Crippen LogP contribution < -0.4 is 5.56 Å². The minimum absolute atomic E-state index is 0.00839. The number of carbonyl (C=O) groups excluding carboxylic acids is 1. The van der Waals surface area contributed by atoms with E-state index in [1.807, 2.05) is 34.5 Å². The van der Waals surface area contributed by atoms with Gasteiger partial charge in [0, 0.05) is 16.8 Å². The molecule has 0 radical (unpaired) electrons. The van der Waals surface area contributed by atoms with Gasteiger partial charge >= 0.3 is 0 Å². The molecule has 1 atom stereocenters. The molecule has 1 fully saturated rings. The molecule has 0 bridgehead atoms. The number of carbonyl (C=O) groups is 1. The minimum atomic E-state index is -0.215. The summed E-state index contributed by atoms with van der Waals surface area (Å²) in [6.07, 6.45) is 3.62. The Morgan fingerprint density at radius 2 is 2.12 bits per heavy atom. The third-order valence-electron chi connectivity index (χ3n) is 4.49.